The summed E-state index contributed by atoms with van der Waals surface area (Å²) in [6, 6.07) is 1.35. The predicted octanol–water partition coefficient (Wildman–Crippen LogP) is 0.798. The monoisotopic (exact) mass is 404 g/mol. The van der Waals surface area contributed by atoms with E-state index in [4.69, 9.17) is 4.74 Å². The molecule has 2 N–H and O–H groups in total. The summed E-state index contributed by atoms with van der Waals surface area (Å²) < 4.78 is 5.14. The van der Waals surface area contributed by atoms with E-state index in [0.717, 1.165) is 31.3 Å². The predicted molar refractivity (Wildman–Crippen MR) is 109 cm³/mol. The van der Waals surface area contributed by atoms with Crippen LogP contribution in [-0.2, 0) is 14.3 Å². The molecule has 29 heavy (non-hydrogen) atoms. The second kappa shape index (κ2) is 8.52. The van der Waals surface area contributed by atoms with E-state index in [1.54, 1.807) is 0 Å². The summed E-state index contributed by atoms with van der Waals surface area (Å²) in [5, 5.41) is 7.19. The lowest BCUT2D eigenvalue weighted by molar-refractivity contribution is -0.154. The summed E-state index contributed by atoms with van der Waals surface area (Å²) in [6.45, 7) is 4.86. The molecule has 7 heteroatoms. The molecule has 7 nitrogen and oxygen atoms in total. The molecule has 3 unspecified atom stereocenters. The zero-order valence-electron chi connectivity index (χ0n) is 17.5. The third-order valence-corrected chi connectivity index (χ3v) is 8.30. The summed E-state index contributed by atoms with van der Waals surface area (Å²) in [5.41, 5.74) is 0. The first kappa shape index (κ1) is 19.8. The summed E-state index contributed by atoms with van der Waals surface area (Å²) >= 11 is 0. The highest BCUT2D eigenvalue weighted by atomic mass is 16.5. The number of hydrogen-bond acceptors (Lipinski definition) is 5. The zero-order valence-corrected chi connectivity index (χ0v) is 17.5. The summed E-state index contributed by atoms with van der Waals surface area (Å²) in [5.74, 6) is 2.46. The van der Waals surface area contributed by atoms with Gasteiger partial charge in [0.25, 0.3) is 0 Å². The fourth-order valence-electron chi connectivity index (χ4n) is 6.30. The number of amides is 2. The molecule has 3 saturated heterocycles. The SMILES string of the molecule is O=C(C1CCC(C2CCC3NCNC3C2)CC1)N1CCN(C(=O)C2COC2)CC1. The van der Waals surface area contributed by atoms with Crippen LogP contribution in [0.25, 0.3) is 0 Å². The molecule has 0 spiro atoms. The Labute approximate surface area is 173 Å². The Morgan fingerprint density at radius 2 is 1.28 bits per heavy atom. The number of nitrogens with zero attached hydrogens (tertiary/aromatic N) is 2. The van der Waals surface area contributed by atoms with Crippen molar-refractivity contribution >= 4 is 11.8 Å². The molecule has 5 rings (SSSR count). The van der Waals surface area contributed by atoms with Gasteiger partial charge < -0.3 is 25.2 Å². The minimum absolute atomic E-state index is 0.0535. The molecule has 0 aromatic heterocycles. The molecular weight excluding hydrogens is 368 g/mol. The Kier molecular flexibility index (Phi) is 5.80. The Balaban J connectivity index is 1.06. The second-order valence-electron chi connectivity index (χ2n) is 9.87. The van der Waals surface area contributed by atoms with Crippen molar-refractivity contribution in [3.8, 4) is 0 Å². The molecule has 2 aliphatic carbocycles. The Morgan fingerprint density at radius 1 is 0.690 bits per heavy atom. The molecular formula is C22H36N4O3. The molecule has 2 saturated carbocycles. The van der Waals surface area contributed by atoms with Crippen LogP contribution in [-0.4, -0.2) is 79.8 Å². The third kappa shape index (κ3) is 4.06. The second-order valence-corrected chi connectivity index (χ2v) is 9.87. The van der Waals surface area contributed by atoms with Gasteiger partial charge in [0.15, 0.2) is 0 Å². The van der Waals surface area contributed by atoms with Crippen LogP contribution in [0.1, 0.15) is 44.9 Å². The van der Waals surface area contributed by atoms with E-state index in [1.807, 2.05) is 9.80 Å². The van der Waals surface area contributed by atoms with Gasteiger partial charge in [0.05, 0.1) is 19.1 Å². The first-order valence-electron chi connectivity index (χ1n) is 11.8. The minimum Gasteiger partial charge on any atom is -0.380 e. The first-order valence-corrected chi connectivity index (χ1v) is 11.8. The summed E-state index contributed by atoms with van der Waals surface area (Å²) in [7, 11) is 0. The van der Waals surface area contributed by atoms with E-state index < -0.39 is 0 Å². The van der Waals surface area contributed by atoms with Gasteiger partial charge in [0.1, 0.15) is 0 Å². The van der Waals surface area contributed by atoms with Crippen molar-refractivity contribution in [1.29, 1.82) is 0 Å². The number of nitrogens with one attached hydrogen (secondary N) is 2. The average Bonchev–Trinajstić information content (AvgIpc) is 3.20. The number of rotatable bonds is 3. The molecule has 0 bridgehead atoms. The van der Waals surface area contributed by atoms with Gasteiger partial charge in [-0.15, -0.1) is 0 Å². The highest BCUT2D eigenvalue weighted by Gasteiger charge is 2.39. The minimum atomic E-state index is 0.0535. The Hall–Kier alpha value is -1.18. The molecule has 5 aliphatic rings. The molecule has 0 radical (unpaired) electrons. The highest BCUT2D eigenvalue weighted by Crippen LogP contribution is 2.41. The fourth-order valence-corrected chi connectivity index (χ4v) is 6.30. The maximum absolute atomic E-state index is 13.0. The van der Waals surface area contributed by atoms with Crippen molar-refractivity contribution in [2.24, 2.45) is 23.7 Å². The van der Waals surface area contributed by atoms with Gasteiger partial charge >= 0.3 is 0 Å². The van der Waals surface area contributed by atoms with Crippen molar-refractivity contribution in [3.63, 3.8) is 0 Å². The van der Waals surface area contributed by atoms with Crippen LogP contribution in [0.2, 0.25) is 0 Å². The topological polar surface area (TPSA) is 73.9 Å². The van der Waals surface area contributed by atoms with E-state index in [1.165, 1.54) is 32.1 Å². The average molecular weight is 405 g/mol. The van der Waals surface area contributed by atoms with Crippen LogP contribution in [0.5, 0.6) is 0 Å². The molecule has 0 aromatic carbocycles. The molecule has 3 aliphatic heterocycles. The number of carbonyl (C=O) groups excluding carboxylic acids is 2. The van der Waals surface area contributed by atoms with Crippen molar-refractivity contribution in [2.75, 3.05) is 46.1 Å². The van der Waals surface area contributed by atoms with Gasteiger partial charge in [-0.2, -0.15) is 0 Å². The van der Waals surface area contributed by atoms with Crippen molar-refractivity contribution < 1.29 is 14.3 Å². The van der Waals surface area contributed by atoms with E-state index >= 15 is 0 Å². The number of fused-ring (bicyclic) bond motifs is 1. The molecule has 5 fully saturated rings. The van der Waals surface area contributed by atoms with Gasteiger partial charge in [-0.3, -0.25) is 9.59 Å². The van der Waals surface area contributed by atoms with Crippen molar-refractivity contribution in [3.05, 3.63) is 0 Å². The van der Waals surface area contributed by atoms with Crippen LogP contribution >= 0.6 is 0 Å². The van der Waals surface area contributed by atoms with Gasteiger partial charge in [-0.05, 0) is 56.8 Å². The Bertz CT molecular complexity index is 609. The fraction of sp³-hybridized carbons (Fsp3) is 0.909. The number of carbonyl (C=O) groups is 2. The van der Waals surface area contributed by atoms with Gasteiger partial charge in [0.2, 0.25) is 11.8 Å². The number of hydrogen-bond donors (Lipinski definition) is 2. The summed E-state index contributed by atoms with van der Waals surface area (Å²) in [6.07, 6.45) is 8.50. The molecule has 3 atom stereocenters. The lowest BCUT2D eigenvalue weighted by atomic mass is 9.69. The van der Waals surface area contributed by atoms with Crippen LogP contribution in [0.4, 0.5) is 0 Å². The smallest absolute Gasteiger partial charge is 0.230 e. The summed E-state index contributed by atoms with van der Waals surface area (Å²) in [4.78, 5) is 29.3. The normalized spacial score (nSPS) is 38.4. The molecule has 2 amide bonds. The van der Waals surface area contributed by atoms with Crippen molar-refractivity contribution in [2.45, 2.75) is 57.0 Å². The largest absolute Gasteiger partial charge is 0.380 e. The maximum atomic E-state index is 13.0. The first-order chi connectivity index (χ1) is 14.2. The lowest BCUT2D eigenvalue weighted by Crippen LogP contribution is -2.55. The standard InChI is InChI=1S/C22H36N4O3/c27-21(25-7-9-26(10-8-25)22(28)18-12-29-13-18)16-3-1-15(2-4-16)17-5-6-19-20(11-17)24-14-23-19/h15-20,23-24H,1-14H2. The maximum Gasteiger partial charge on any atom is 0.230 e. The molecule has 162 valence electrons. The van der Waals surface area contributed by atoms with Crippen LogP contribution in [0.15, 0.2) is 0 Å². The van der Waals surface area contributed by atoms with E-state index in [-0.39, 0.29) is 17.7 Å². The van der Waals surface area contributed by atoms with E-state index in [2.05, 4.69) is 10.6 Å². The van der Waals surface area contributed by atoms with E-state index in [0.29, 0.717) is 57.4 Å². The lowest BCUT2D eigenvalue weighted by Gasteiger charge is -2.41. The third-order valence-electron chi connectivity index (χ3n) is 8.30. The highest BCUT2D eigenvalue weighted by molar-refractivity contribution is 5.81. The zero-order chi connectivity index (χ0) is 19.8. The van der Waals surface area contributed by atoms with E-state index in [9.17, 15) is 9.59 Å². The van der Waals surface area contributed by atoms with Gasteiger partial charge in [0, 0.05) is 50.8 Å². The van der Waals surface area contributed by atoms with Gasteiger partial charge in [-0.1, -0.05) is 0 Å². The molecule has 0 aromatic rings. The van der Waals surface area contributed by atoms with Gasteiger partial charge in [-0.25, -0.2) is 0 Å². The number of ether oxygens (including phenoxy) is 1. The van der Waals surface area contributed by atoms with Crippen molar-refractivity contribution in [1.82, 2.24) is 20.4 Å². The Morgan fingerprint density at radius 3 is 1.90 bits per heavy atom. The quantitative estimate of drug-likeness (QED) is 0.728. The van der Waals surface area contributed by atoms with Crippen LogP contribution in [0.3, 0.4) is 0 Å². The number of piperazine rings is 1. The van der Waals surface area contributed by atoms with Crippen LogP contribution in [0, 0.1) is 23.7 Å². The van der Waals surface area contributed by atoms with Crippen LogP contribution < -0.4 is 10.6 Å². The molecule has 3 heterocycles.